The van der Waals surface area contributed by atoms with Crippen LogP contribution in [0.1, 0.15) is 39.5 Å². The largest absolute Gasteiger partial charge is 0.398 e. The molecule has 20 heavy (non-hydrogen) atoms. The molecule has 4 heteroatoms. The zero-order valence-electron chi connectivity index (χ0n) is 12.3. The molecule has 1 aromatic carbocycles. The number of hydrogen-bond acceptors (Lipinski definition) is 4. The van der Waals surface area contributed by atoms with Crippen molar-refractivity contribution in [1.82, 2.24) is 0 Å². The Morgan fingerprint density at radius 2 is 1.95 bits per heavy atom. The zero-order chi connectivity index (χ0) is 14.8. The van der Waals surface area contributed by atoms with Gasteiger partial charge in [-0.05, 0) is 57.6 Å². The quantitative estimate of drug-likeness (QED) is 0.590. The predicted octanol–water partition coefficient (Wildman–Crippen LogP) is 3.05. The molecule has 3 nitrogen and oxygen atoms in total. The van der Waals surface area contributed by atoms with Gasteiger partial charge in [-0.25, -0.2) is 0 Å². The monoisotopic (exact) mass is 295 g/mol. The molecule has 0 heterocycles. The molecule has 1 atom stereocenters. The van der Waals surface area contributed by atoms with E-state index in [4.69, 9.17) is 5.73 Å². The van der Waals surface area contributed by atoms with Crippen molar-refractivity contribution in [2.75, 3.05) is 11.5 Å². The van der Waals surface area contributed by atoms with Gasteiger partial charge in [0.15, 0.2) is 0 Å². The van der Waals surface area contributed by atoms with Gasteiger partial charge in [0.05, 0.1) is 11.2 Å². The second-order valence-electron chi connectivity index (χ2n) is 6.45. The number of rotatable bonds is 4. The summed E-state index contributed by atoms with van der Waals surface area (Å²) in [5.41, 5.74) is 5.42. The third-order valence-corrected chi connectivity index (χ3v) is 5.79. The van der Waals surface area contributed by atoms with Crippen molar-refractivity contribution < 1.29 is 10.2 Å². The van der Waals surface area contributed by atoms with Crippen molar-refractivity contribution in [3.63, 3.8) is 0 Å². The van der Waals surface area contributed by atoms with Crippen LogP contribution in [0.15, 0.2) is 29.2 Å². The van der Waals surface area contributed by atoms with E-state index in [0.717, 1.165) is 36.3 Å². The smallest absolute Gasteiger partial charge is 0.0741 e. The fourth-order valence-electron chi connectivity index (χ4n) is 2.82. The molecule has 0 aliphatic heterocycles. The summed E-state index contributed by atoms with van der Waals surface area (Å²) < 4.78 is 0. The Bertz CT molecular complexity index is 450. The molecule has 0 aromatic heterocycles. The molecule has 1 unspecified atom stereocenters. The van der Waals surface area contributed by atoms with Gasteiger partial charge in [-0.15, -0.1) is 11.8 Å². The molecule has 0 bridgehead atoms. The first kappa shape index (κ1) is 15.7. The van der Waals surface area contributed by atoms with E-state index in [2.05, 4.69) is 0 Å². The maximum absolute atomic E-state index is 10.7. The average molecular weight is 295 g/mol. The van der Waals surface area contributed by atoms with Gasteiger partial charge >= 0.3 is 0 Å². The Balaban J connectivity index is 1.93. The first-order valence-electron chi connectivity index (χ1n) is 7.22. The van der Waals surface area contributed by atoms with E-state index in [1.54, 1.807) is 11.8 Å². The van der Waals surface area contributed by atoms with Crippen LogP contribution in [0, 0.1) is 5.92 Å². The van der Waals surface area contributed by atoms with Crippen molar-refractivity contribution in [1.29, 1.82) is 0 Å². The van der Waals surface area contributed by atoms with Crippen molar-refractivity contribution in [2.24, 2.45) is 5.92 Å². The molecule has 0 saturated heterocycles. The number of para-hydroxylation sites is 1. The van der Waals surface area contributed by atoms with Gasteiger partial charge in [-0.3, -0.25) is 0 Å². The highest BCUT2D eigenvalue weighted by molar-refractivity contribution is 7.99. The van der Waals surface area contributed by atoms with E-state index in [-0.39, 0.29) is 5.92 Å². The Hall–Kier alpha value is -0.710. The third-order valence-electron chi connectivity index (χ3n) is 4.38. The lowest BCUT2D eigenvalue weighted by Crippen LogP contribution is -2.42. The van der Waals surface area contributed by atoms with Crippen LogP contribution < -0.4 is 5.73 Å². The lowest BCUT2D eigenvalue weighted by Gasteiger charge is -2.40. The minimum atomic E-state index is -0.719. The van der Waals surface area contributed by atoms with Crippen LogP contribution in [-0.2, 0) is 0 Å². The lowest BCUT2D eigenvalue weighted by atomic mass is 9.73. The number of thioether (sulfide) groups is 1. The first-order valence-corrected chi connectivity index (χ1v) is 8.21. The Morgan fingerprint density at radius 3 is 2.55 bits per heavy atom. The van der Waals surface area contributed by atoms with Crippen LogP contribution in [0.4, 0.5) is 5.69 Å². The molecule has 1 fully saturated rings. The molecular weight excluding hydrogens is 270 g/mol. The molecule has 0 amide bonds. The third kappa shape index (κ3) is 3.90. The van der Waals surface area contributed by atoms with Crippen LogP contribution in [0.25, 0.3) is 0 Å². The fourth-order valence-corrected chi connectivity index (χ4v) is 3.91. The Morgan fingerprint density at radius 1 is 1.35 bits per heavy atom. The van der Waals surface area contributed by atoms with Crippen LogP contribution >= 0.6 is 11.8 Å². The highest BCUT2D eigenvalue weighted by atomic mass is 32.2. The van der Waals surface area contributed by atoms with E-state index in [1.165, 1.54) is 0 Å². The van der Waals surface area contributed by atoms with E-state index >= 15 is 0 Å². The molecule has 0 spiro atoms. The Labute approximate surface area is 125 Å². The average Bonchev–Trinajstić information content (AvgIpc) is 2.37. The predicted molar refractivity (Wildman–Crippen MR) is 84.8 cm³/mol. The second kappa shape index (κ2) is 5.96. The molecular formula is C16H25NO2S. The first-order chi connectivity index (χ1) is 9.30. The maximum Gasteiger partial charge on any atom is 0.0741 e. The van der Waals surface area contributed by atoms with Crippen molar-refractivity contribution >= 4 is 17.4 Å². The summed E-state index contributed by atoms with van der Waals surface area (Å²) in [4.78, 5) is 1.02. The molecule has 4 N–H and O–H groups in total. The molecule has 1 aromatic rings. The van der Waals surface area contributed by atoms with Gasteiger partial charge in [-0.1, -0.05) is 12.1 Å². The van der Waals surface area contributed by atoms with Gasteiger partial charge in [0.1, 0.15) is 0 Å². The number of hydrogen-bond donors (Lipinski definition) is 3. The van der Waals surface area contributed by atoms with E-state index in [0.29, 0.717) is 5.75 Å². The summed E-state index contributed by atoms with van der Waals surface area (Å²) in [5.74, 6) is 0.883. The van der Waals surface area contributed by atoms with Crippen molar-refractivity contribution in [2.45, 2.75) is 55.6 Å². The minimum Gasteiger partial charge on any atom is -0.398 e. The molecule has 112 valence electrons. The van der Waals surface area contributed by atoms with Crippen LogP contribution in [0.5, 0.6) is 0 Å². The van der Waals surface area contributed by atoms with Gasteiger partial charge in [0.25, 0.3) is 0 Å². The summed E-state index contributed by atoms with van der Waals surface area (Å²) in [7, 11) is 0. The summed E-state index contributed by atoms with van der Waals surface area (Å²) in [5, 5.41) is 20.7. The highest BCUT2D eigenvalue weighted by Gasteiger charge is 2.38. The number of anilines is 1. The number of aliphatic hydroxyl groups is 2. The number of nitrogens with two attached hydrogens (primary N) is 1. The minimum absolute atomic E-state index is 0.250. The normalized spacial score (nSPS) is 29.9. The van der Waals surface area contributed by atoms with Crippen LogP contribution in [-0.4, -0.2) is 27.2 Å². The number of benzene rings is 1. The lowest BCUT2D eigenvalue weighted by molar-refractivity contribution is -0.0486. The summed E-state index contributed by atoms with van der Waals surface area (Å²) in [6.45, 7) is 3.79. The summed E-state index contributed by atoms with van der Waals surface area (Å²) >= 11 is 1.61. The molecule has 2 rings (SSSR count). The van der Waals surface area contributed by atoms with Crippen LogP contribution in [0.2, 0.25) is 0 Å². The van der Waals surface area contributed by atoms with E-state index < -0.39 is 11.2 Å². The fraction of sp³-hybridized carbons (Fsp3) is 0.625. The summed E-state index contributed by atoms with van der Waals surface area (Å²) in [6.07, 6.45) is 3.30. The summed E-state index contributed by atoms with van der Waals surface area (Å²) in [6, 6.07) is 7.75. The van der Waals surface area contributed by atoms with Crippen LogP contribution in [0.3, 0.4) is 0 Å². The highest BCUT2D eigenvalue weighted by Crippen LogP contribution is 2.40. The standard InChI is InChI=1S/C16H25NO2S/c1-15(18)9-7-12(8-10-15)16(2,19)11-20-14-6-4-3-5-13(14)17/h3-6,12,18-19H,7-11,17H2,1-2H3. The molecule has 1 aliphatic rings. The molecule has 0 radical (unpaired) electrons. The molecule has 1 saturated carbocycles. The van der Waals surface area contributed by atoms with Gasteiger partial charge in [-0.2, -0.15) is 0 Å². The maximum atomic E-state index is 10.7. The van der Waals surface area contributed by atoms with Gasteiger partial charge in [0.2, 0.25) is 0 Å². The topological polar surface area (TPSA) is 66.5 Å². The van der Waals surface area contributed by atoms with Gasteiger partial charge < -0.3 is 15.9 Å². The van der Waals surface area contributed by atoms with E-state index in [9.17, 15) is 10.2 Å². The Kier molecular flexibility index (Phi) is 4.67. The second-order valence-corrected chi connectivity index (χ2v) is 7.47. The SMILES string of the molecule is CC1(O)CCC(C(C)(O)CSc2ccccc2N)CC1. The zero-order valence-corrected chi connectivity index (χ0v) is 13.1. The van der Waals surface area contributed by atoms with Crippen molar-refractivity contribution in [3.8, 4) is 0 Å². The van der Waals surface area contributed by atoms with Crippen molar-refractivity contribution in [3.05, 3.63) is 24.3 Å². The number of nitrogen functional groups attached to an aromatic ring is 1. The molecule has 1 aliphatic carbocycles. The van der Waals surface area contributed by atoms with Gasteiger partial charge in [0, 0.05) is 16.3 Å². The van der Waals surface area contributed by atoms with E-state index in [1.807, 2.05) is 38.1 Å².